The number of nitrogens with two attached hydrogens (primary N) is 1. The van der Waals surface area contributed by atoms with Gasteiger partial charge in [0.15, 0.2) is 0 Å². The molecule has 0 spiro atoms. The van der Waals surface area contributed by atoms with Crippen molar-refractivity contribution in [2.24, 2.45) is 11.1 Å². The van der Waals surface area contributed by atoms with Gasteiger partial charge in [-0.15, -0.1) is 0 Å². The number of rotatable bonds is 3. The van der Waals surface area contributed by atoms with Crippen molar-refractivity contribution >= 4 is 0 Å². The van der Waals surface area contributed by atoms with Crippen LogP contribution in [0.2, 0.25) is 0 Å². The average molecular weight is 282 g/mol. The Hall–Kier alpha value is -0.980. The highest BCUT2D eigenvalue weighted by Crippen LogP contribution is 2.30. The Kier molecular flexibility index (Phi) is 4.46. The minimum atomic E-state index is -0.270. The van der Waals surface area contributed by atoms with Gasteiger partial charge in [0.1, 0.15) is 6.10 Å². The maximum Gasteiger partial charge on any atom is 0.244 e. The molecule has 1 aromatic heterocycles. The van der Waals surface area contributed by atoms with Crippen molar-refractivity contribution in [3.05, 3.63) is 11.7 Å². The fourth-order valence-corrected chi connectivity index (χ4v) is 2.17. The van der Waals surface area contributed by atoms with Crippen molar-refractivity contribution < 1.29 is 9.26 Å². The van der Waals surface area contributed by atoms with E-state index in [1.165, 1.54) is 0 Å². The summed E-state index contributed by atoms with van der Waals surface area (Å²) >= 11 is 0. The molecular weight excluding hydrogens is 256 g/mol. The number of aromatic nitrogens is 2. The van der Waals surface area contributed by atoms with Crippen molar-refractivity contribution in [3.8, 4) is 0 Å². The number of nitrogens with zero attached hydrogens (tertiary/aromatic N) is 3. The summed E-state index contributed by atoms with van der Waals surface area (Å²) in [5.74, 6) is 1.09. The molecule has 1 fully saturated rings. The molecule has 1 saturated heterocycles. The second-order valence-electron chi connectivity index (χ2n) is 6.78. The lowest BCUT2D eigenvalue weighted by molar-refractivity contribution is -0.0450. The fourth-order valence-electron chi connectivity index (χ4n) is 2.17. The van der Waals surface area contributed by atoms with E-state index in [4.69, 9.17) is 15.0 Å². The molecule has 2 heterocycles. The maximum atomic E-state index is 6.14. The molecule has 1 aromatic rings. The van der Waals surface area contributed by atoms with Gasteiger partial charge >= 0.3 is 0 Å². The van der Waals surface area contributed by atoms with Gasteiger partial charge < -0.3 is 15.0 Å². The van der Waals surface area contributed by atoms with Gasteiger partial charge in [0.25, 0.3) is 0 Å². The lowest BCUT2D eigenvalue weighted by Crippen LogP contribution is -2.42. The zero-order valence-corrected chi connectivity index (χ0v) is 13.1. The molecule has 0 saturated carbocycles. The van der Waals surface area contributed by atoms with E-state index in [2.05, 4.69) is 49.7 Å². The summed E-state index contributed by atoms with van der Waals surface area (Å²) in [4.78, 5) is 6.79. The Morgan fingerprint density at radius 2 is 2.05 bits per heavy atom. The number of hydrogen-bond donors (Lipinski definition) is 1. The quantitative estimate of drug-likeness (QED) is 0.912. The minimum absolute atomic E-state index is 0.110. The SMILES string of the molecule is CC(C)N1CCOC(c2noc([C@@H](N)C(C)(C)C)n2)C1. The molecule has 114 valence electrons. The van der Waals surface area contributed by atoms with Crippen LogP contribution >= 0.6 is 0 Å². The molecule has 1 aliphatic heterocycles. The monoisotopic (exact) mass is 282 g/mol. The van der Waals surface area contributed by atoms with Crippen molar-refractivity contribution in [2.45, 2.75) is 52.8 Å². The number of morpholine rings is 1. The van der Waals surface area contributed by atoms with Crippen LogP contribution in [0, 0.1) is 5.41 Å². The van der Waals surface area contributed by atoms with Gasteiger partial charge in [0, 0.05) is 19.1 Å². The third-order valence-corrected chi connectivity index (χ3v) is 3.77. The van der Waals surface area contributed by atoms with Crippen molar-refractivity contribution in [3.63, 3.8) is 0 Å². The highest BCUT2D eigenvalue weighted by molar-refractivity contribution is 5.00. The molecule has 6 heteroatoms. The lowest BCUT2D eigenvalue weighted by Gasteiger charge is -2.34. The third kappa shape index (κ3) is 3.37. The summed E-state index contributed by atoms with van der Waals surface area (Å²) < 4.78 is 11.1. The zero-order valence-electron chi connectivity index (χ0n) is 13.1. The zero-order chi connectivity index (χ0) is 14.9. The first kappa shape index (κ1) is 15.4. The van der Waals surface area contributed by atoms with E-state index in [1.54, 1.807) is 0 Å². The molecule has 1 aliphatic rings. The summed E-state index contributed by atoms with van der Waals surface area (Å²) in [5, 5.41) is 4.05. The summed E-state index contributed by atoms with van der Waals surface area (Å²) in [7, 11) is 0. The Morgan fingerprint density at radius 3 is 2.65 bits per heavy atom. The highest BCUT2D eigenvalue weighted by Gasteiger charge is 2.31. The first-order chi connectivity index (χ1) is 9.29. The highest BCUT2D eigenvalue weighted by atomic mass is 16.5. The van der Waals surface area contributed by atoms with Crippen LogP contribution in [0.25, 0.3) is 0 Å². The summed E-state index contributed by atoms with van der Waals surface area (Å²) in [6.45, 7) is 13.0. The van der Waals surface area contributed by atoms with Gasteiger partial charge in [0.05, 0.1) is 12.6 Å². The number of ether oxygens (including phenoxy) is 1. The van der Waals surface area contributed by atoms with E-state index < -0.39 is 0 Å². The molecule has 0 amide bonds. The molecule has 20 heavy (non-hydrogen) atoms. The summed E-state index contributed by atoms with van der Waals surface area (Å²) in [5.41, 5.74) is 6.03. The van der Waals surface area contributed by atoms with Crippen LogP contribution in [-0.2, 0) is 4.74 Å². The van der Waals surface area contributed by atoms with Crippen LogP contribution in [0.4, 0.5) is 0 Å². The van der Waals surface area contributed by atoms with Crippen LogP contribution < -0.4 is 5.73 Å². The molecule has 0 aromatic carbocycles. The van der Waals surface area contributed by atoms with Crippen LogP contribution in [0.5, 0.6) is 0 Å². The normalized spacial score (nSPS) is 23.2. The van der Waals surface area contributed by atoms with Gasteiger partial charge in [-0.1, -0.05) is 25.9 Å². The standard InChI is InChI=1S/C14H26N4O2/c1-9(2)18-6-7-19-10(8-18)12-16-13(20-17-12)11(15)14(3,4)5/h9-11H,6-8,15H2,1-5H3/t10?,11-/m1/s1. The minimum Gasteiger partial charge on any atom is -0.367 e. The first-order valence-corrected chi connectivity index (χ1v) is 7.23. The van der Waals surface area contributed by atoms with E-state index in [1.807, 2.05) is 0 Å². The molecule has 0 radical (unpaired) electrons. The second kappa shape index (κ2) is 5.79. The van der Waals surface area contributed by atoms with Gasteiger partial charge in [-0.05, 0) is 19.3 Å². The van der Waals surface area contributed by atoms with Crippen LogP contribution in [-0.4, -0.2) is 40.8 Å². The Labute approximate surface area is 120 Å². The molecule has 6 nitrogen and oxygen atoms in total. The van der Waals surface area contributed by atoms with Crippen molar-refractivity contribution in [1.82, 2.24) is 15.0 Å². The predicted molar refractivity (Wildman–Crippen MR) is 76.1 cm³/mol. The predicted octanol–water partition coefficient (Wildman–Crippen LogP) is 1.90. The van der Waals surface area contributed by atoms with Gasteiger partial charge in [-0.3, -0.25) is 4.90 Å². The van der Waals surface area contributed by atoms with E-state index >= 15 is 0 Å². The Morgan fingerprint density at radius 1 is 1.35 bits per heavy atom. The first-order valence-electron chi connectivity index (χ1n) is 7.23. The number of hydrogen-bond acceptors (Lipinski definition) is 6. The molecule has 2 atom stereocenters. The topological polar surface area (TPSA) is 77.4 Å². The van der Waals surface area contributed by atoms with Gasteiger partial charge in [-0.25, -0.2) is 0 Å². The van der Waals surface area contributed by atoms with E-state index in [0.29, 0.717) is 24.4 Å². The van der Waals surface area contributed by atoms with E-state index in [9.17, 15) is 0 Å². The molecule has 2 N–H and O–H groups in total. The van der Waals surface area contributed by atoms with Crippen molar-refractivity contribution in [2.75, 3.05) is 19.7 Å². The van der Waals surface area contributed by atoms with Crippen LogP contribution in [0.3, 0.4) is 0 Å². The Balaban J connectivity index is 2.09. The molecule has 0 bridgehead atoms. The molecular formula is C14H26N4O2. The average Bonchev–Trinajstić information content (AvgIpc) is 2.86. The second-order valence-corrected chi connectivity index (χ2v) is 6.78. The van der Waals surface area contributed by atoms with Gasteiger partial charge in [0.2, 0.25) is 11.7 Å². The lowest BCUT2D eigenvalue weighted by atomic mass is 9.87. The maximum absolute atomic E-state index is 6.14. The third-order valence-electron chi connectivity index (χ3n) is 3.77. The van der Waals surface area contributed by atoms with E-state index in [-0.39, 0.29) is 17.6 Å². The fraction of sp³-hybridized carbons (Fsp3) is 0.857. The largest absolute Gasteiger partial charge is 0.367 e. The smallest absolute Gasteiger partial charge is 0.244 e. The van der Waals surface area contributed by atoms with Gasteiger partial charge in [-0.2, -0.15) is 4.98 Å². The summed E-state index contributed by atoms with van der Waals surface area (Å²) in [6.07, 6.45) is -0.129. The van der Waals surface area contributed by atoms with Crippen molar-refractivity contribution in [1.29, 1.82) is 0 Å². The van der Waals surface area contributed by atoms with Crippen LogP contribution in [0.1, 0.15) is 58.5 Å². The molecule has 0 aliphatic carbocycles. The van der Waals surface area contributed by atoms with Crippen LogP contribution in [0.15, 0.2) is 4.52 Å². The molecule has 2 rings (SSSR count). The van der Waals surface area contributed by atoms with E-state index in [0.717, 1.165) is 13.1 Å². The molecule has 1 unspecified atom stereocenters. The Bertz CT molecular complexity index is 439. The summed E-state index contributed by atoms with van der Waals surface area (Å²) in [6, 6.07) is 0.221.